The van der Waals surface area contributed by atoms with Gasteiger partial charge in [0.15, 0.2) is 12.2 Å². The molecule has 0 radical (unpaired) electrons. The van der Waals surface area contributed by atoms with Crippen molar-refractivity contribution >= 4 is 5.91 Å². The lowest BCUT2D eigenvalue weighted by Gasteiger charge is -2.30. The highest BCUT2D eigenvalue weighted by atomic mass is 16.5. The molecule has 0 spiro atoms. The topological polar surface area (TPSA) is 110 Å². The maximum absolute atomic E-state index is 12.7. The molecule has 1 aliphatic rings. The molecule has 5 rings (SSSR count). The minimum Gasteiger partial charge on any atom is -0.486 e. The summed E-state index contributed by atoms with van der Waals surface area (Å²) in [6.07, 6.45) is 3.06. The molecule has 184 valence electrons. The van der Waals surface area contributed by atoms with Crippen molar-refractivity contribution in [2.75, 3.05) is 6.54 Å². The number of aliphatic hydroxyl groups is 1. The molecule has 2 aromatic carbocycles. The number of benzene rings is 2. The molecule has 1 amide bonds. The van der Waals surface area contributed by atoms with Crippen LogP contribution in [0.2, 0.25) is 0 Å². The van der Waals surface area contributed by atoms with Gasteiger partial charge in [-0.3, -0.25) is 9.78 Å². The number of carbonyl (C=O) groups is 1. The average molecular weight is 485 g/mol. The molecule has 36 heavy (non-hydrogen) atoms. The first-order chi connectivity index (χ1) is 17.6. The fourth-order valence-electron chi connectivity index (χ4n) is 4.29. The molecule has 4 aromatic rings. The van der Waals surface area contributed by atoms with Crippen LogP contribution < -0.4 is 15.4 Å². The average Bonchev–Trinajstić information content (AvgIpc) is 3.35. The largest absolute Gasteiger partial charge is 0.486 e. The summed E-state index contributed by atoms with van der Waals surface area (Å²) in [6.45, 7) is 2.96. The Morgan fingerprint density at radius 2 is 2.08 bits per heavy atom. The van der Waals surface area contributed by atoms with Gasteiger partial charge in [0, 0.05) is 36.5 Å². The van der Waals surface area contributed by atoms with Crippen molar-refractivity contribution in [2.24, 2.45) is 0 Å². The van der Waals surface area contributed by atoms with Crippen LogP contribution in [0.4, 0.5) is 0 Å². The van der Waals surface area contributed by atoms with Crippen molar-refractivity contribution in [3.8, 4) is 17.0 Å². The van der Waals surface area contributed by atoms with Crippen LogP contribution in [0.15, 0.2) is 77.7 Å². The van der Waals surface area contributed by atoms with Gasteiger partial charge < -0.3 is 24.9 Å². The highest BCUT2D eigenvalue weighted by Gasteiger charge is 2.25. The first-order valence-electron chi connectivity index (χ1n) is 11.9. The van der Waals surface area contributed by atoms with E-state index in [0.717, 1.165) is 33.8 Å². The summed E-state index contributed by atoms with van der Waals surface area (Å²) >= 11 is 0. The molecule has 8 heteroatoms. The zero-order valence-corrected chi connectivity index (χ0v) is 20.0. The predicted octanol–water partition coefficient (Wildman–Crippen LogP) is 3.43. The van der Waals surface area contributed by atoms with E-state index in [-0.39, 0.29) is 18.5 Å². The smallest absolute Gasteiger partial charge is 0.251 e. The summed E-state index contributed by atoms with van der Waals surface area (Å²) in [5.74, 6) is 1.23. The molecule has 1 aliphatic heterocycles. The Labute approximate surface area is 209 Å². The van der Waals surface area contributed by atoms with E-state index >= 15 is 0 Å². The van der Waals surface area contributed by atoms with E-state index in [1.807, 2.05) is 61.5 Å². The number of nitrogens with one attached hydrogen (secondary N) is 2. The Morgan fingerprint density at radius 3 is 2.89 bits per heavy atom. The first-order valence-corrected chi connectivity index (χ1v) is 11.9. The monoisotopic (exact) mass is 484 g/mol. The SMILES string of the molecule is Cc1ncoc1COc1ccc2c(c1)CN[C@H](C(O)CNC(=O)c1cccc(-c3ccccn3)c1)C2. The van der Waals surface area contributed by atoms with Crippen LogP contribution in [0.1, 0.15) is 32.9 Å². The molecule has 2 aromatic heterocycles. The highest BCUT2D eigenvalue weighted by molar-refractivity contribution is 5.95. The molecule has 0 bridgehead atoms. The minimum atomic E-state index is -0.730. The molecule has 0 saturated heterocycles. The van der Waals surface area contributed by atoms with Crippen LogP contribution in [0.3, 0.4) is 0 Å². The van der Waals surface area contributed by atoms with Gasteiger partial charge in [0.25, 0.3) is 5.91 Å². The zero-order valence-electron chi connectivity index (χ0n) is 20.0. The molecule has 0 fully saturated rings. The third-order valence-electron chi connectivity index (χ3n) is 6.41. The number of nitrogens with zero attached hydrogens (tertiary/aromatic N) is 2. The summed E-state index contributed by atoms with van der Waals surface area (Å²) in [5, 5.41) is 17.0. The number of oxazole rings is 1. The third kappa shape index (κ3) is 5.45. The second kappa shape index (κ2) is 10.7. The number of aromatic nitrogens is 2. The Hall–Kier alpha value is -4.01. The van der Waals surface area contributed by atoms with Crippen molar-refractivity contribution in [3.05, 3.63) is 101 Å². The number of carbonyl (C=O) groups excluding carboxylic acids is 1. The van der Waals surface area contributed by atoms with Gasteiger partial charge in [0.1, 0.15) is 12.4 Å². The lowest BCUT2D eigenvalue weighted by molar-refractivity contribution is 0.0870. The number of pyridine rings is 1. The summed E-state index contributed by atoms with van der Waals surface area (Å²) in [5.41, 5.74) is 5.29. The number of hydrogen-bond donors (Lipinski definition) is 3. The lowest BCUT2D eigenvalue weighted by Crippen LogP contribution is -2.49. The maximum Gasteiger partial charge on any atom is 0.251 e. The second-order valence-corrected chi connectivity index (χ2v) is 8.84. The Bertz CT molecular complexity index is 1340. The summed E-state index contributed by atoms with van der Waals surface area (Å²) in [7, 11) is 0. The van der Waals surface area contributed by atoms with Gasteiger partial charge in [0.2, 0.25) is 0 Å². The van der Waals surface area contributed by atoms with Gasteiger partial charge in [-0.1, -0.05) is 24.3 Å². The van der Waals surface area contributed by atoms with Crippen LogP contribution in [-0.4, -0.2) is 39.7 Å². The van der Waals surface area contributed by atoms with E-state index in [0.29, 0.717) is 30.9 Å². The van der Waals surface area contributed by atoms with E-state index in [1.165, 1.54) is 6.39 Å². The number of ether oxygens (including phenoxy) is 1. The molecule has 1 unspecified atom stereocenters. The van der Waals surface area contributed by atoms with Gasteiger partial charge >= 0.3 is 0 Å². The quantitative estimate of drug-likeness (QED) is 0.352. The fourth-order valence-corrected chi connectivity index (χ4v) is 4.29. The van der Waals surface area contributed by atoms with Crippen LogP contribution in [0, 0.1) is 6.92 Å². The van der Waals surface area contributed by atoms with Crippen LogP contribution in [-0.2, 0) is 19.6 Å². The van der Waals surface area contributed by atoms with Crippen molar-refractivity contribution < 1.29 is 19.1 Å². The van der Waals surface area contributed by atoms with Gasteiger partial charge in [-0.2, -0.15) is 0 Å². The van der Waals surface area contributed by atoms with E-state index in [2.05, 4.69) is 20.6 Å². The maximum atomic E-state index is 12.7. The number of aryl methyl sites for hydroxylation is 1. The summed E-state index contributed by atoms with van der Waals surface area (Å²) < 4.78 is 11.2. The molecule has 0 aliphatic carbocycles. The Balaban J connectivity index is 1.15. The van der Waals surface area contributed by atoms with Crippen molar-refractivity contribution in [3.63, 3.8) is 0 Å². The van der Waals surface area contributed by atoms with Crippen molar-refractivity contribution in [2.45, 2.75) is 38.6 Å². The van der Waals surface area contributed by atoms with E-state index in [1.54, 1.807) is 12.3 Å². The number of rotatable bonds is 8. The zero-order chi connectivity index (χ0) is 24.9. The molecule has 0 saturated carbocycles. The standard InChI is InChI=1S/C28H28N4O4/c1-18-27(36-17-32-18)16-35-23-9-8-19-13-25(30-14-22(19)12-23)26(33)15-31-28(34)21-6-4-5-20(11-21)24-7-2-3-10-29-24/h2-12,17,25-26,30,33H,13-16H2,1H3,(H,31,34)/t25-,26?/m0/s1. The fraction of sp³-hybridized carbons (Fsp3) is 0.250. The van der Waals surface area contributed by atoms with Crippen LogP contribution in [0.5, 0.6) is 5.75 Å². The van der Waals surface area contributed by atoms with Gasteiger partial charge in [-0.25, -0.2) is 4.98 Å². The summed E-state index contributed by atoms with van der Waals surface area (Å²) in [4.78, 5) is 21.1. The Kier molecular flexibility index (Phi) is 7.06. The molecule has 2 atom stereocenters. The van der Waals surface area contributed by atoms with E-state index in [9.17, 15) is 9.90 Å². The van der Waals surface area contributed by atoms with E-state index in [4.69, 9.17) is 9.15 Å². The highest BCUT2D eigenvalue weighted by Crippen LogP contribution is 2.24. The lowest BCUT2D eigenvalue weighted by atomic mass is 9.92. The van der Waals surface area contributed by atoms with E-state index < -0.39 is 6.10 Å². The van der Waals surface area contributed by atoms with Crippen molar-refractivity contribution in [1.29, 1.82) is 0 Å². The van der Waals surface area contributed by atoms with Gasteiger partial charge in [-0.05, 0) is 60.9 Å². The molecular formula is C28H28N4O4. The van der Waals surface area contributed by atoms with Gasteiger partial charge in [-0.15, -0.1) is 0 Å². The number of hydrogen-bond acceptors (Lipinski definition) is 7. The number of fused-ring (bicyclic) bond motifs is 1. The number of amides is 1. The summed E-state index contributed by atoms with van der Waals surface area (Å²) in [6, 6.07) is 18.8. The normalized spacial score (nSPS) is 15.7. The van der Waals surface area contributed by atoms with Crippen LogP contribution >= 0.6 is 0 Å². The molecule has 3 heterocycles. The minimum absolute atomic E-state index is 0.150. The predicted molar refractivity (Wildman–Crippen MR) is 134 cm³/mol. The third-order valence-corrected chi connectivity index (χ3v) is 6.41. The molecule has 8 nitrogen and oxygen atoms in total. The molecular weight excluding hydrogens is 456 g/mol. The second-order valence-electron chi connectivity index (χ2n) is 8.84. The van der Waals surface area contributed by atoms with Gasteiger partial charge in [0.05, 0.1) is 17.5 Å². The first kappa shape index (κ1) is 23.7. The number of aliphatic hydroxyl groups excluding tert-OH is 1. The molecule has 3 N–H and O–H groups in total. The van der Waals surface area contributed by atoms with Crippen LogP contribution in [0.25, 0.3) is 11.3 Å². The van der Waals surface area contributed by atoms with Crippen molar-refractivity contribution in [1.82, 2.24) is 20.6 Å². The Morgan fingerprint density at radius 1 is 1.17 bits per heavy atom.